The number of nitrogens with zero attached hydrogens (tertiary/aromatic N) is 2. The molecule has 0 radical (unpaired) electrons. The Morgan fingerprint density at radius 2 is 1.82 bits per heavy atom. The molecule has 174 valence electrons. The second kappa shape index (κ2) is 10.3. The average Bonchev–Trinajstić information content (AvgIpc) is 3.24. The molecule has 0 saturated carbocycles. The summed E-state index contributed by atoms with van der Waals surface area (Å²) >= 11 is 0. The van der Waals surface area contributed by atoms with Crippen LogP contribution in [-0.2, 0) is 11.2 Å². The van der Waals surface area contributed by atoms with Crippen LogP contribution in [0.4, 0.5) is 0 Å². The molecule has 4 aromatic rings. The van der Waals surface area contributed by atoms with Crippen LogP contribution in [0.25, 0.3) is 22.7 Å². The zero-order valence-corrected chi connectivity index (χ0v) is 19.6. The van der Waals surface area contributed by atoms with Crippen molar-refractivity contribution in [1.29, 1.82) is 0 Å². The molecule has 34 heavy (non-hydrogen) atoms. The van der Waals surface area contributed by atoms with Crippen molar-refractivity contribution in [3.8, 4) is 28.5 Å². The first-order valence-corrected chi connectivity index (χ1v) is 11.3. The van der Waals surface area contributed by atoms with Crippen LogP contribution in [0.1, 0.15) is 41.8 Å². The Bertz CT molecular complexity index is 1260. The van der Waals surface area contributed by atoms with Gasteiger partial charge in [-0.3, -0.25) is 9.78 Å². The summed E-state index contributed by atoms with van der Waals surface area (Å²) in [4.78, 5) is 20.0. The van der Waals surface area contributed by atoms with Crippen molar-refractivity contribution in [2.75, 3.05) is 6.61 Å². The molecule has 6 nitrogen and oxygen atoms in total. The number of carboxylic acid groups (broad SMARTS) is 1. The number of benzene rings is 2. The highest BCUT2D eigenvalue weighted by Gasteiger charge is 2.18. The van der Waals surface area contributed by atoms with Gasteiger partial charge in [-0.05, 0) is 67.8 Å². The number of rotatable bonds is 9. The van der Waals surface area contributed by atoms with Crippen LogP contribution >= 0.6 is 0 Å². The third-order valence-corrected chi connectivity index (χ3v) is 5.81. The molecule has 0 amide bonds. The minimum absolute atomic E-state index is 0.0392. The van der Waals surface area contributed by atoms with Crippen LogP contribution in [-0.4, -0.2) is 27.7 Å². The van der Waals surface area contributed by atoms with Gasteiger partial charge < -0.3 is 14.3 Å². The number of aliphatic carboxylic acids is 1. The monoisotopic (exact) mass is 456 g/mol. The Morgan fingerprint density at radius 1 is 1.06 bits per heavy atom. The van der Waals surface area contributed by atoms with Crippen molar-refractivity contribution < 1.29 is 19.1 Å². The number of ether oxygens (including phenoxy) is 1. The van der Waals surface area contributed by atoms with Crippen LogP contribution in [0.2, 0.25) is 0 Å². The van der Waals surface area contributed by atoms with E-state index in [-0.39, 0.29) is 12.3 Å². The average molecular weight is 457 g/mol. The largest absolute Gasteiger partial charge is 0.493 e. The predicted molar refractivity (Wildman–Crippen MR) is 131 cm³/mol. The molecule has 0 saturated heterocycles. The molecule has 0 unspecified atom stereocenters. The predicted octanol–water partition coefficient (Wildman–Crippen LogP) is 6.22. The van der Waals surface area contributed by atoms with Crippen molar-refractivity contribution in [2.45, 2.75) is 39.5 Å². The van der Waals surface area contributed by atoms with Gasteiger partial charge in [-0.1, -0.05) is 31.2 Å². The standard InChI is InChI=1S/C28H28N2O4/c1-18-16-24(13-11-21(18)12-14-26(31)32)33-17-19(2)27-20(3)34-28(30-27)23-9-7-22(8-10-23)25-6-4-5-15-29-25/h4-11,13,15-16,19H,12,14,17H2,1-3H3,(H,31,32)/t19-/m0/s1. The van der Waals surface area contributed by atoms with Crippen LogP contribution in [0.5, 0.6) is 5.75 Å². The highest BCUT2D eigenvalue weighted by Crippen LogP contribution is 2.29. The first-order valence-electron chi connectivity index (χ1n) is 11.3. The van der Waals surface area contributed by atoms with Crippen LogP contribution in [0, 0.1) is 13.8 Å². The van der Waals surface area contributed by atoms with Crippen LogP contribution in [0.3, 0.4) is 0 Å². The number of hydrogen-bond donors (Lipinski definition) is 1. The molecular formula is C28H28N2O4. The van der Waals surface area contributed by atoms with Crippen molar-refractivity contribution in [3.63, 3.8) is 0 Å². The Morgan fingerprint density at radius 3 is 2.50 bits per heavy atom. The maximum absolute atomic E-state index is 10.8. The van der Waals surface area contributed by atoms with Crippen molar-refractivity contribution >= 4 is 5.97 Å². The Hall–Kier alpha value is -3.93. The third kappa shape index (κ3) is 5.52. The number of oxazole rings is 1. The molecule has 0 fully saturated rings. The quantitative estimate of drug-likeness (QED) is 0.322. The van der Waals surface area contributed by atoms with E-state index in [2.05, 4.69) is 11.9 Å². The van der Waals surface area contributed by atoms with E-state index in [0.29, 0.717) is 18.9 Å². The number of aromatic nitrogens is 2. The minimum atomic E-state index is -0.792. The molecule has 6 heteroatoms. The second-order valence-electron chi connectivity index (χ2n) is 8.45. The molecule has 1 atom stereocenters. The maximum Gasteiger partial charge on any atom is 0.303 e. The first kappa shape index (κ1) is 23.2. The smallest absolute Gasteiger partial charge is 0.303 e. The van der Waals surface area contributed by atoms with Gasteiger partial charge >= 0.3 is 5.97 Å². The first-order chi connectivity index (χ1) is 16.4. The van der Waals surface area contributed by atoms with Crippen molar-refractivity contribution in [3.05, 3.63) is 89.4 Å². The highest BCUT2D eigenvalue weighted by atomic mass is 16.5. The Balaban J connectivity index is 1.41. The molecule has 0 aliphatic rings. The fourth-order valence-electron chi connectivity index (χ4n) is 3.89. The molecule has 0 aliphatic carbocycles. The molecule has 0 aliphatic heterocycles. The Labute approximate surface area is 199 Å². The molecule has 0 bridgehead atoms. The number of hydrogen-bond acceptors (Lipinski definition) is 5. The van der Waals surface area contributed by atoms with Crippen LogP contribution < -0.4 is 4.74 Å². The van der Waals surface area contributed by atoms with E-state index in [9.17, 15) is 4.79 Å². The van der Waals surface area contributed by atoms with E-state index in [1.165, 1.54) is 0 Å². The molecular weight excluding hydrogens is 428 g/mol. The van der Waals surface area contributed by atoms with Gasteiger partial charge in [0.25, 0.3) is 0 Å². The zero-order chi connectivity index (χ0) is 24.1. The maximum atomic E-state index is 10.8. The zero-order valence-electron chi connectivity index (χ0n) is 19.6. The van der Waals surface area contributed by atoms with Gasteiger partial charge in [0.1, 0.15) is 11.5 Å². The SMILES string of the molecule is Cc1cc(OC[C@H](C)c2nc(-c3ccc(-c4ccccn4)cc3)oc2C)ccc1CCC(=O)O. The minimum Gasteiger partial charge on any atom is -0.493 e. The topological polar surface area (TPSA) is 85.5 Å². The summed E-state index contributed by atoms with van der Waals surface area (Å²) < 4.78 is 12.0. The summed E-state index contributed by atoms with van der Waals surface area (Å²) in [6, 6.07) is 19.7. The molecule has 0 spiro atoms. The van der Waals surface area contributed by atoms with Gasteiger partial charge in [0.2, 0.25) is 5.89 Å². The lowest BCUT2D eigenvalue weighted by atomic mass is 10.0. The van der Waals surface area contributed by atoms with Crippen molar-refractivity contribution in [2.24, 2.45) is 0 Å². The molecule has 2 aromatic heterocycles. The van der Waals surface area contributed by atoms with Crippen LogP contribution in [0.15, 0.2) is 71.3 Å². The number of carboxylic acids is 1. The third-order valence-electron chi connectivity index (χ3n) is 5.81. The lowest BCUT2D eigenvalue weighted by Crippen LogP contribution is -2.09. The lowest BCUT2D eigenvalue weighted by Gasteiger charge is -2.13. The highest BCUT2D eigenvalue weighted by molar-refractivity contribution is 5.67. The van der Waals surface area contributed by atoms with Crippen molar-refractivity contribution in [1.82, 2.24) is 9.97 Å². The fraction of sp³-hybridized carbons (Fsp3) is 0.250. The lowest BCUT2D eigenvalue weighted by molar-refractivity contribution is -0.136. The summed E-state index contributed by atoms with van der Waals surface area (Å²) in [6.07, 6.45) is 2.42. The van der Waals surface area contributed by atoms with Gasteiger partial charge in [0, 0.05) is 29.7 Å². The summed E-state index contributed by atoms with van der Waals surface area (Å²) in [5.74, 6) is 1.37. The summed E-state index contributed by atoms with van der Waals surface area (Å²) in [5, 5.41) is 8.89. The summed E-state index contributed by atoms with van der Waals surface area (Å²) in [5.41, 5.74) is 5.80. The fourth-order valence-corrected chi connectivity index (χ4v) is 3.89. The van der Waals surface area contributed by atoms with E-state index in [4.69, 9.17) is 19.2 Å². The molecule has 4 rings (SSSR count). The summed E-state index contributed by atoms with van der Waals surface area (Å²) in [7, 11) is 0. The van der Waals surface area contributed by atoms with E-state index in [1.54, 1.807) is 6.20 Å². The Kier molecular flexibility index (Phi) is 7.07. The summed E-state index contributed by atoms with van der Waals surface area (Å²) in [6.45, 7) is 6.42. The second-order valence-corrected chi connectivity index (χ2v) is 8.45. The van der Waals surface area contributed by atoms with E-state index < -0.39 is 5.97 Å². The normalized spacial score (nSPS) is 11.9. The number of carbonyl (C=O) groups is 1. The van der Waals surface area contributed by atoms with Gasteiger partial charge in [-0.25, -0.2) is 4.98 Å². The van der Waals surface area contributed by atoms with Gasteiger partial charge in [-0.2, -0.15) is 0 Å². The molecule has 2 aromatic carbocycles. The molecule has 2 heterocycles. The molecule has 1 N–H and O–H groups in total. The number of aryl methyl sites for hydroxylation is 3. The number of pyridine rings is 1. The van der Waals surface area contributed by atoms with E-state index in [0.717, 1.165) is 45.2 Å². The van der Waals surface area contributed by atoms with E-state index >= 15 is 0 Å². The van der Waals surface area contributed by atoms with Gasteiger partial charge in [0.05, 0.1) is 18.0 Å². The van der Waals surface area contributed by atoms with Gasteiger partial charge in [0.15, 0.2) is 0 Å². The van der Waals surface area contributed by atoms with E-state index in [1.807, 2.05) is 74.5 Å². The van der Waals surface area contributed by atoms with Gasteiger partial charge in [-0.15, -0.1) is 0 Å².